The molecule has 0 aliphatic rings. The summed E-state index contributed by atoms with van der Waals surface area (Å²) < 4.78 is 2.03. The van der Waals surface area contributed by atoms with Gasteiger partial charge in [-0.15, -0.1) is 11.8 Å². The number of rotatable bonds is 1. The summed E-state index contributed by atoms with van der Waals surface area (Å²) in [7, 11) is 0. The van der Waals surface area contributed by atoms with Gasteiger partial charge in [-0.05, 0) is 18.4 Å². The molecule has 0 radical (unpaired) electrons. The summed E-state index contributed by atoms with van der Waals surface area (Å²) in [5, 5.41) is 1.73. The SMILES string of the molecule is CSc1ccc2c(Cl)nccn12. The van der Waals surface area contributed by atoms with Crippen LogP contribution in [-0.4, -0.2) is 15.6 Å². The van der Waals surface area contributed by atoms with Crippen LogP contribution in [0.15, 0.2) is 29.6 Å². The first kappa shape index (κ1) is 7.95. The molecular formula is C8H7ClN2S. The van der Waals surface area contributed by atoms with Gasteiger partial charge >= 0.3 is 0 Å². The van der Waals surface area contributed by atoms with Crippen molar-refractivity contribution in [2.45, 2.75) is 5.03 Å². The van der Waals surface area contributed by atoms with E-state index in [9.17, 15) is 0 Å². The van der Waals surface area contributed by atoms with Crippen molar-refractivity contribution >= 4 is 28.9 Å². The molecule has 0 N–H and O–H groups in total. The van der Waals surface area contributed by atoms with Crippen LogP contribution >= 0.6 is 23.4 Å². The number of hydrogen-bond donors (Lipinski definition) is 0. The predicted octanol–water partition coefficient (Wildman–Crippen LogP) is 2.71. The molecule has 12 heavy (non-hydrogen) atoms. The average molecular weight is 199 g/mol. The largest absolute Gasteiger partial charge is 0.307 e. The lowest BCUT2D eigenvalue weighted by Crippen LogP contribution is -1.86. The molecule has 0 saturated carbocycles. The maximum atomic E-state index is 5.89. The first-order chi connectivity index (χ1) is 5.83. The number of thioether (sulfide) groups is 1. The highest BCUT2D eigenvalue weighted by Gasteiger charge is 2.02. The van der Waals surface area contributed by atoms with Gasteiger partial charge in [0.2, 0.25) is 0 Å². The summed E-state index contributed by atoms with van der Waals surface area (Å²) in [5.74, 6) is 0. The summed E-state index contributed by atoms with van der Waals surface area (Å²) >= 11 is 7.58. The van der Waals surface area contributed by atoms with Gasteiger partial charge in [-0.25, -0.2) is 4.98 Å². The summed E-state index contributed by atoms with van der Waals surface area (Å²) in [4.78, 5) is 3.99. The molecule has 2 aromatic rings. The highest BCUT2D eigenvalue weighted by molar-refractivity contribution is 7.98. The van der Waals surface area contributed by atoms with Crippen molar-refractivity contribution in [3.05, 3.63) is 29.7 Å². The third-order valence-electron chi connectivity index (χ3n) is 1.70. The van der Waals surface area contributed by atoms with E-state index in [2.05, 4.69) is 4.98 Å². The summed E-state index contributed by atoms with van der Waals surface area (Å²) in [6.07, 6.45) is 5.65. The molecule has 2 aromatic heterocycles. The Morgan fingerprint density at radius 3 is 3.08 bits per heavy atom. The van der Waals surface area contributed by atoms with E-state index < -0.39 is 0 Å². The van der Waals surface area contributed by atoms with Gasteiger partial charge in [-0.3, -0.25) is 0 Å². The Balaban J connectivity index is 2.80. The fourth-order valence-corrected chi connectivity index (χ4v) is 1.92. The molecule has 0 spiro atoms. The summed E-state index contributed by atoms with van der Waals surface area (Å²) in [5.41, 5.74) is 0.962. The van der Waals surface area contributed by atoms with Gasteiger partial charge in [0.1, 0.15) is 0 Å². The van der Waals surface area contributed by atoms with Crippen LogP contribution in [0.5, 0.6) is 0 Å². The van der Waals surface area contributed by atoms with Crippen molar-refractivity contribution in [3.8, 4) is 0 Å². The van der Waals surface area contributed by atoms with Crippen LogP contribution < -0.4 is 0 Å². The predicted molar refractivity (Wildman–Crippen MR) is 52.0 cm³/mol. The lowest BCUT2D eigenvalue weighted by molar-refractivity contribution is 1.03. The molecule has 2 nitrogen and oxygen atoms in total. The van der Waals surface area contributed by atoms with E-state index in [4.69, 9.17) is 11.6 Å². The van der Waals surface area contributed by atoms with Crippen LogP contribution in [0.4, 0.5) is 0 Å². The zero-order valence-corrected chi connectivity index (χ0v) is 8.06. The van der Waals surface area contributed by atoms with E-state index in [0.717, 1.165) is 5.52 Å². The zero-order chi connectivity index (χ0) is 8.55. The van der Waals surface area contributed by atoms with Gasteiger partial charge in [-0.2, -0.15) is 0 Å². The van der Waals surface area contributed by atoms with E-state index in [1.54, 1.807) is 18.0 Å². The highest BCUT2D eigenvalue weighted by Crippen LogP contribution is 2.22. The quantitative estimate of drug-likeness (QED) is 0.656. The van der Waals surface area contributed by atoms with Crippen molar-refractivity contribution in [1.82, 2.24) is 9.38 Å². The van der Waals surface area contributed by atoms with Crippen LogP contribution in [0.2, 0.25) is 5.15 Å². The molecule has 4 heteroatoms. The van der Waals surface area contributed by atoms with Crippen LogP contribution in [0.3, 0.4) is 0 Å². The highest BCUT2D eigenvalue weighted by atomic mass is 35.5. The van der Waals surface area contributed by atoms with Crippen molar-refractivity contribution in [2.24, 2.45) is 0 Å². The van der Waals surface area contributed by atoms with E-state index in [1.807, 2.05) is 29.0 Å². The second kappa shape index (κ2) is 2.99. The lowest BCUT2D eigenvalue weighted by atomic mass is 10.5. The fourth-order valence-electron chi connectivity index (χ4n) is 1.15. The molecule has 0 amide bonds. The average Bonchev–Trinajstić information content (AvgIpc) is 2.49. The van der Waals surface area contributed by atoms with Gasteiger partial charge in [0.05, 0.1) is 10.5 Å². The summed E-state index contributed by atoms with van der Waals surface area (Å²) in [6.45, 7) is 0. The Bertz CT molecular complexity index is 410. The third kappa shape index (κ3) is 1.09. The van der Waals surface area contributed by atoms with Crippen molar-refractivity contribution in [2.75, 3.05) is 6.26 Å². The minimum absolute atomic E-state index is 0.554. The van der Waals surface area contributed by atoms with E-state index in [1.165, 1.54) is 5.03 Å². The molecule has 0 aliphatic heterocycles. The Hall–Kier alpha value is -0.670. The van der Waals surface area contributed by atoms with Crippen molar-refractivity contribution in [3.63, 3.8) is 0 Å². The molecule has 0 atom stereocenters. The minimum Gasteiger partial charge on any atom is -0.307 e. The van der Waals surface area contributed by atoms with Crippen molar-refractivity contribution < 1.29 is 0 Å². The number of hydrogen-bond acceptors (Lipinski definition) is 2. The topological polar surface area (TPSA) is 17.3 Å². The molecule has 0 aromatic carbocycles. The van der Waals surface area contributed by atoms with Crippen LogP contribution in [-0.2, 0) is 0 Å². The third-order valence-corrected chi connectivity index (χ3v) is 2.75. The maximum absolute atomic E-state index is 5.89. The van der Waals surface area contributed by atoms with Gasteiger partial charge in [0, 0.05) is 12.4 Å². The zero-order valence-electron chi connectivity index (χ0n) is 6.49. The molecule has 0 unspecified atom stereocenters. The molecule has 2 rings (SSSR count). The number of aromatic nitrogens is 2. The normalized spacial score (nSPS) is 10.8. The maximum Gasteiger partial charge on any atom is 0.153 e. The van der Waals surface area contributed by atoms with Gasteiger partial charge in [0.15, 0.2) is 5.15 Å². The Morgan fingerprint density at radius 1 is 1.50 bits per heavy atom. The van der Waals surface area contributed by atoms with Crippen molar-refractivity contribution in [1.29, 1.82) is 0 Å². The first-order valence-electron chi connectivity index (χ1n) is 3.48. The van der Waals surface area contributed by atoms with Crippen LogP contribution in [0.1, 0.15) is 0 Å². The molecular weight excluding hydrogens is 192 g/mol. The molecule has 0 bridgehead atoms. The second-order valence-corrected chi connectivity index (χ2v) is 3.53. The Kier molecular flexibility index (Phi) is 1.98. The number of nitrogens with zero attached hydrogens (tertiary/aromatic N) is 2. The molecule has 0 fully saturated rings. The van der Waals surface area contributed by atoms with E-state index >= 15 is 0 Å². The monoisotopic (exact) mass is 198 g/mol. The Morgan fingerprint density at radius 2 is 2.33 bits per heavy atom. The Labute approximate surface area is 79.6 Å². The minimum atomic E-state index is 0.554. The lowest BCUT2D eigenvalue weighted by Gasteiger charge is -1.98. The van der Waals surface area contributed by atoms with Gasteiger partial charge < -0.3 is 4.40 Å². The number of halogens is 1. The molecule has 2 heterocycles. The van der Waals surface area contributed by atoms with Crippen LogP contribution in [0.25, 0.3) is 5.52 Å². The molecule has 62 valence electrons. The second-order valence-electron chi connectivity index (χ2n) is 2.35. The smallest absolute Gasteiger partial charge is 0.153 e. The molecule has 0 saturated heterocycles. The van der Waals surface area contributed by atoms with Gasteiger partial charge in [-0.1, -0.05) is 11.6 Å². The van der Waals surface area contributed by atoms with Crippen LogP contribution in [0, 0.1) is 0 Å². The standard InChI is InChI=1S/C8H7ClN2S/c1-12-7-3-2-6-8(9)10-4-5-11(6)7/h2-5H,1H3. The van der Waals surface area contributed by atoms with E-state index in [-0.39, 0.29) is 0 Å². The molecule has 0 aliphatic carbocycles. The van der Waals surface area contributed by atoms with Gasteiger partial charge in [0.25, 0.3) is 0 Å². The number of fused-ring (bicyclic) bond motifs is 1. The fraction of sp³-hybridized carbons (Fsp3) is 0.125. The summed E-state index contributed by atoms with van der Waals surface area (Å²) in [6, 6.07) is 4.01. The first-order valence-corrected chi connectivity index (χ1v) is 5.09. The van der Waals surface area contributed by atoms with E-state index in [0.29, 0.717) is 5.15 Å².